The first-order valence-electron chi connectivity index (χ1n) is 9.45. The van der Waals surface area contributed by atoms with Crippen LogP contribution >= 0.6 is 11.3 Å². The highest BCUT2D eigenvalue weighted by molar-refractivity contribution is 7.90. The zero-order chi connectivity index (χ0) is 22.4. The summed E-state index contributed by atoms with van der Waals surface area (Å²) in [5.74, 6) is 1.38. The van der Waals surface area contributed by atoms with E-state index in [0.717, 1.165) is 6.26 Å². The van der Waals surface area contributed by atoms with Gasteiger partial charge in [-0.25, -0.2) is 13.4 Å². The van der Waals surface area contributed by atoms with Crippen LogP contribution in [0.25, 0.3) is 0 Å². The third-order valence-electron chi connectivity index (χ3n) is 4.20. The minimum Gasteiger partial charge on any atom is -0.488 e. The molecule has 0 aliphatic carbocycles. The highest BCUT2D eigenvalue weighted by Gasteiger charge is 2.14. The molecule has 0 spiro atoms. The van der Waals surface area contributed by atoms with Crippen molar-refractivity contribution in [3.63, 3.8) is 0 Å². The second-order valence-electron chi connectivity index (χ2n) is 6.98. The Hall–Kier alpha value is -2.75. The van der Waals surface area contributed by atoms with E-state index in [-0.39, 0.29) is 23.2 Å². The first-order valence-corrected chi connectivity index (χ1v) is 12.2. The fourth-order valence-corrected chi connectivity index (χ4v) is 4.08. The summed E-state index contributed by atoms with van der Waals surface area (Å²) in [5, 5.41) is 2.20. The molecule has 3 aromatic rings. The van der Waals surface area contributed by atoms with Gasteiger partial charge in [-0.2, -0.15) is 0 Å². The van der Waals surface area contributed by atoms with Gasteiger partial charge < -0.3 is 14.2 Å². The van der Waals surface area contributed by atoms with Crippen molar-refractivity contribution >= 4 is 27.0 Å². The van der Waals surface area contributed by atoms with Crippen LogP contribution in [0.1, 0.15) is 22.3 Å². The topological polar surface area (TPSA) is 91.8 Å². The van der Waals surface area contributed by atoms with Crippen molar-refractivity contribution in [2.45, 2.75) is 24.3 Å². The molecular formula is C22H23NO6S2. The lowest BCUT2D eigenvalue weighted by Crippen LogP contribution is -2.18. The van der Waals surface area contributed by atoms with Gasteiger partial charge in [0.1, 0.15) is 23.4 Å². The van der Waals surface area contributed by atoms with Gasteiger partial charge in [0.25, 0.3) is 0 Å². The van der Waals surface area contributed by atoms with Crippen molar-refractivity contribution in [3.05, 3.63) is 64.6 Å². The number of benzene rings is 2. The Balaban J connectivity index is 1.85. The van der Waals surface area contributed by atoms with Crippen LogP contribution in [0, 0.1) is 0 Å². The van der Waals surface area contributed by atoms with Gasteiger partial charge in [-0.05, 0) is 48.9 Å². The number of ketones is 1. The van der Waals surface area contributed by atoms with Crippen molar-refractivity contribution in [2.75, 3.05) is 20.0 Å². The van der Waals surface area contributed by atoms with Crippen molar-refractivity contribution in [3.8, 4) is 17.2 Å². The minimum absolute atomic E-state index is 0.0967. The zero-order valence-electron chi connectivity index (χ0n) is 17.4. The SMILES string of the molecule is COC[C@H](C)Oc1cc(CC(=O)c2nccs2)cc(Oc2ccc(S(C)(=O)=O)cc2)c1. The number of carbonyl (C=O) groups excluding carboxylic acids is 1. The largest absolute Gasteiger partial charge is 0.488 e. The number of aromatic nitrogens is 1. The van der Waals surface area contributed by atoms with Crippen LogP contribution < -0.4 is 9.47 Å². The Bertz CT molecular complexity index is 1130. The summed E-state index contributed by atoms with van der Waals surface area (Å²) < 4.78 is 40.2. The van der Waals surface area contributed by atoms with Gasteiger partial charge in [0.15, 0.2) is 20.6 Å². The Kier molecular flexibility index (Phi) is 7.42. The molecule has 0 fully saturated rings. The fourth-order valence-electron chi connectivity index (χ4n) is 2.87. The van der Waals surface area contributed by atoms with Gasteiger partial charge in [-0.15, -0.1) is 11.3 Å². The molecular weight excluding hydrogens is 438 g/mol. The molecule has 31 heavy (non-hydrogen) atoms. The van der Waals surface area contributed by atoms with Crippen molar-refractivity contribution in [2.24, 2.45) is 0 Å². The van der Waals surface area contributed by atoms with E-state index in [4.69, 9.17) is 14.2 Å². The summed E-state index contributed by atoms with van der Waals surface area (Å²) in [5.41, 5.74) is 0.713. The maximum absolute atomic E-state index is 12.5. The molecule has 164 valence electrons. The molecule has 0 unspecified atom stereocenters. The smallest absolute Gasteiger partial charge is 0.195 e. The second kappa shape index (κ2) is 10.0. The molecule has 2 aromatic carbocycles. The minimum atomic E-state index is -3.29. The van der Waals surface area contributed by atoms with Crippen LogP contribution in [0.15, 0.2) is 58.9 Å². The molecule has 0 aliphatic heterocycles. The average Bonchev–Trinajstić information content (AvgIpc) is 3.22. The molecule has 0 saturated carbocycles. The summed E-state index contributed by atoms with van der Waals surface area (Å²) in [6, 6.07) is 11.4. The molecule has 3 rings (SSSR count). The molecule has 1 aromatic heterocycles. The monoisotopic (exact) mass is 461 g/mol. The van der Waals surface area contributed by atoms with Gasteiger partial charge in [0, 0.05) is 37.4 Å². The van der Waals surface area contributed by atoms with E-state index >= 15 is 0 Å². The number of ether oxygens (including phenoxy) is 3. The third-order valence-corrected chi connectivity index (χ3v) is 6.14. The highest BCUT2D eigenvalue weighted by Crippen LogP contribution is 2.29. The summed E-state index contributed by atoms with van der Waals surface area (Å²) in [6.45, 7) is 2.28. The lowest BCUT2D eigenvalue weighted by Gasteiger charge is -2.16. The van der Waals surface area contributed by atoms with E-state index in [1.54, 1.807) is 49.0 Å². The molecule has 1 atom stereocenters. The number of hydrogen-bond acceptors (Lipinski definition) is 8. The van der Waals surface area contributed by atoms with Crippen LogP contribution in [-0.2, 0) is 21.0 Å². The number of rotatable bonds is 10. The van der Waals surface area contributed by atoms with Gasteiger partial charge in [-0.1, -0.05) is 0 Å². The third kappa shape index (κ3) is 6.61. The van der Waals surface area contributed by atoms with Crippen molar-refractivity contribution in [1.29, 1.82) is 0 Å². The Morgan fingerprint density at radius 1 is 1.10 bits per heavy atom. The van der Waals surface area contributed by atoms with Gasteiger partial charge in [0.05, 0.1) is 11.5 Å². The van der Waals surface area contributed by atoms with Crippen molar-refractivity contribution < 1.29 is 27.4 Å². The summed E-state index contributed by atoms with van der Waals surface area (Å²) in [7, 11) is -1.69. The first kappa shape index (κ1) is 22.9. The number of thiazole rings is 1. The molecule has 0 bridgehead atoms. The zero-order valence-corrected chi connectivity index (χ0v) is 19.0. The highest BCUT2D eigenvalue weighted by atomic mass is 32.2. The number of Topliss-reactive ketones (excluding diaryl/α,β-unsaturated/α-hetero) is 1. The summed E-state index contributed by atoms with van der Waals surface area (Å²) in [6.07, 6.45) is 2.69. The maximum Gasteiger partial charge on any atom is 0.195 e. The van der Waals surface area contributed by atoms with E-state index in [9.17, 15) is 13.2 Å². The standard InChI is InChI=1S/C22H23NO6S2/c1-15(14-27-2)28-18-10-16(12-21(24)22-23-8-9-30-22)11-19(13-18)29-17-4-6-20(7-5-17)31(3,25)26/h4-11,13,15H,12,14H2,1-3H3/t15-/m0/s1. The number of carbonyl (C=O) groups is 1. The normalized spacial score (nSPS) is 12.4. The van der Waals surface area contributed by atoms with Gasteiger partial charge in [-0.3, -0.25) is 4.79 Å². The number of hydrogen-bond donors (Lipinski definition) is 0. The first-order chi connectivity index (χ1) is 14.7. The predicted molar refractivity (Wildman–Crippen MR) is 118 cm³/mol. The molecule has 1 heterocycles. The lowest BCUT2D eigenvalue weighted by molar-refractivity contribution is 0.0918. The second-order valence-corrected chi connectivity index (χ2v) is 9.89. The number of methoxy groups -OCH3 is 1. The maximum atomic E-state index is 12.5. The van der Waals surface area contributed by atoms with Crippen molar-refractivity contribution in [1.82, 2.24) is 4.98 Å². The van der Waals surface area contributed by atoms with E-state index < -0.39 is 9.84 Å². The molecule has 0 aliphatic rings. The molecule has 0 saturated heterocycles. The Morgan fingerprint density at radius 3 is 2.42 bits per heavy atom. The number of sulfone groups is 1. The molecule has 0 radical (unpaired) electrons. The molecule has 0 N–H and O–H groups in total. The average molecular weight is 462 g/mol. The van der Waals surface area contributed by atoms with Crippen LogP contribution in [0.3, 0.4) is 0 Å². The van der Waals surface area contributed by atoms with Gasteiger partial charge >= 0.3 is 0 Å². The number of nitrogens with zero attached hydrogens (tertiary/aromatic N) is 1. The van der Waals surface area contributed by atoms with E-state index in [1.165, 1.54) is 23.5 Å². The molecule has 9 heteroatoms. The summed E-state index contributed by atoms with van der Waals surface area (Å²) >= 11 is 1.29. The molecule has 0 amide bonds. The Labute approximate surface area is 185 Å². The van der Waals surface area contributed by atoms with Crippen LogP contribution in [0.4, 0.5) is 0 Å². The van der Waals surface area contributed by atoms with Gasteiger partial charge in [0.2, 0.25) is 0 Å². The summed E-state index contributed by atoms with van der Waals surface area (Å²) in [4.78, 5) is 16.8. The fraction of sp³-hybridized carbons (Fsp3) is 0.273. The van der Waals surface area contributed by atoms with Crippen LogP contribution in [0.5, 0.6) is 17.2 Å². The van der Waals surface area contributed by atoms with Crippen LogP contribution in [-0.4, -0.2) is 45.3 Å². The van der Waals surface area contributed by atoms with E-state index in [2.05, 4.69) is 4.98 Å². The lowest BCUT2D eigenvalue weighted by atomic mass is 10.1. The Morgan fingerprint density at radius 2 is 1.81 bits per heavy atom. The molecule has 7 nitrogen and oxygen atoms in total. The quantitative estimate of drug-likeness (QED) is 0.418. The van der Waals surface area contributed by atoms with E-state index in [0.29, 0.717) is 34.4 Å². The van der Waals surface area contributed by atoms with Crippen LogP contribution in [0.2, 0.25) is 0 Å². The van der Waals surface area contributed by atoms with E-state index in [1.807, 2.05) is 6.92 Å². The predicted octanol–water partition coefficient (Wildman–Crippen LogP) is 4.18.